The first kappa shape index (κ1) is 16.4. The van der Waals surface area contributed by atoms with E-state index in [1.165, 1.54) is 12.1 Å². The number of hydrogen-bond donors (Lipinski definition) is 1. The molecule has 0 saturated carbocycles. The zero-order chi connectivity index (χ0) is 16.9. The second-order valence-corrected chi connectivity index (χ2v) is 5.87. The lowest BCUT2D eigenvalue weighted by Crippen LogP contribution is -2.21. The van der Waals surface area contributed by atoms with Crippen LogP contribution in [0.1, 0.15) is 30.6 Å². The van der Waals surface area contributed by atoms with Crippen molar-refractivity contribution >= 4 is 0 Å². The summed E-state index contributed by atoms with van der Waals surface area (Å²) in [7, 11) is 0. The SMILES string of the molecule is Cc1c([C@@H](C)NCCCn2cccn2)cnn1-c1ccc(F)cc1. The summed E-state index contributed by atoms with van der Waals surface area (Å²) in [6.07, 6.45) is 6.66. The molecule has 24 heavy (non-hydrogen) atoms. The predicted octanol–water partition coefficient (Wildman–Crippen LogP) is 3.26. The lowest BCUT2D eigenvalue weighted by Gasteiger charge is -2.14. The highest BCUT2D eigenvalue weighted by Gasteiger charge is 2.13. The summed E-state index contributed by atoms with van der Waals surface area (Å²) in [5.41, 5.74) is 3.08. The van der Waals surface area contributed by atoms with Crippen LogP contribution in [0.4, 0.5) is 4.39 Å². The maximum absolute atomic E-state index is 13.1. The number of halogens is 1. The van der Waals surface area contributed by atoms with Crippen molar-refractivity contribution in [2.24, 2.45) is 0 Å². The largest absolute Gasteiger partial charge is 0.310 e. The van der Waals surface area contributed by atoms with E-state index in [0.717, 1.165) is 36.5 Å². The average Bonchev–Trinajstić information content (AvgIpc) is 3.22. The minimum absolute atomic E-state index is 0.205. The molecular weight excluding hydrogens is 305 g/mol. The Morgan fingerprint density at radius 1 is 1.21 bits per heavy atom. The van der Waals surface area contributed by atoms with Gasteiger partial charge in [0.2, 0.25) is 0 Å². The molecule has 126 valence electrons. The van der Waals surface area contributed by atoms with E-state index in [2.05, 4.69) is 22.4 Å². The first-order valence-electron chi connectivity index (χ1n) is 8.16. The Morgan fingerprint density at radius 2 is 2.00 bits per heavy atom. The molecule has 6 heteroatoms. The number of nitrogens with zero attached hydrogens (tertiary/aromatic N) is 4. The number of rotatable bonds is 7. The van der Waals surface area contributed by atoms with Gasteiger partial charge in [-0.2, -0.15) is 10.2 Å². The fourth-order valence-electron chi connectivity index (χ4n) is 2.79. The van der Waals surface area contributed by atoms with Crippen LogP contribution in [0.25, 0.3) is 5.69 Å². The van der Waals surface area contributed by atoms with Gasteiger partial charge in [-0.15, -0.1) is 0 Å². The van der Waals surface area contributed by atoms with Crippen LogP contribution in [0.15, 0.2) is 48.9 Å². The normalized spacial score (nSPS) is 12.5. The zero-order valence-electron chi connectivity index (χ0n) is 14.0. The van der Waals surface area contributed by atoms with Gasteiger partial charge in [0.15, 0.2) is 0 Å². The van der Waals surface area contributed by atoms with E-state index in [1.807, 2.05) is 34.7 Å². The van der Waals surface area contributed by atoms with E-state index in [0.29, 0.717) is 0 Å². The van der Waals surface area contributed by atoms with Crippen LogP contribution in [0.5, 0.6) is 0 Å². The Bertz CT molecular complexity index is 761. The van der Waals surface area contributed by atoms with Gasteiger partial charge in [0.25, 0.3) is 0 Å². The highest BCUT2D eigenvalue weighted by Crippen LogP contribution is 2.20. The van der Waals surface area contributed by atoms with Crippen molar-refractivity contribution in [1.29, 1.82) is 0 Å². The molecule has 2 heterocycles. The van der Waals surface area contributed by atoms with Gasteiger partial charge in [-0.05, 0) is 57.1 Å². The van der Waals surface area contributed by atoms with Gasteiger partial charge >= 0.3 is 0 Å². The van der Waals surface area contributed by atoms with Crippen LogP contribution in [0.3, 0.4) is 0 Å². The summed E-state index contributed by atoms with van der Waals surface area (Å²) in [5, 5.41) is 12.2. The van der Waals surface area contributed by atoms with Gasteiger partial charge in [0, 0.05) is 36.2 Å². The first-order chi connectivity index (χ1) is 11.6. The van der Waals surface area contributed by atoms with E-state index >= 15 is 0 Å². The number of benzene rings is 1. The van der Waals surface area contributed by atoms with Crippen molar-refractivity contribution in [3.63, 3.8) is 0 Å². The van der Waals surface area contributed by atoms with Gasteiger partial charge in [-0.1, -0.05) is 0 Å². The van der Waals surface area contributed by atoms with E-state index < -0.39 is 0 Å². The number of hydrogen-bond acceptors (Lipinski definition) is 3. The number of aromatic nitrogens is 4. The molecule has 0 aliphatic heterocycles. The van der Waals surface area contributed by atoms with E-state index in [4.69, 9.17) is 0 Å². The highest BCUT2D eigenvalue weighted by atomic mass is 19.1. The Labute approximate surface area is 141 Å². The van der Waals surface area contributed by atoms with E-state index in [1.54, 1.807) is 18.3 Å². The molecule has 3 aromatic rings. The molecule has 1 N–H and O–H groups in total. The van der Waals surface area contributed by atoms with Gasteiger partial charge in [0.05, 0.1) is 11.9 Å². The molecule has 1 aromatic carbocycles. The minimum atomic E-state index is -0.240. The van der Waals surface area contributed by atoms with Gasteiger partial charge in [-0.3, -0.25) is 4.68 Å². The van der Waals surface area contributed by atoms with E-state index in [-0.39, 0.29) is 11.9 Å². The third-order valence-corrected chi connectivity index (χ3v) is 4.16. The van der Waals surface area contributed by atoms with Crippen molar-refractivity contribution in [3.8, 4) is 5.69 Å². The van der Waals surface area contributed by atoms with Crippen LogP contribution in [0.2, 0.25) is 0 Å². The summed E-state index contributed by atoms with van der Waals surface area (Å²) >= 11 is 0. The van der Waals surface area contributed by atoms with Crippen LogP contribution in [-0.2, 0) is 6.54 Å². The Hall–Kier alpha value is -2.47. The summed E-state index contributed by atoms with van der Waals surface area (Å²) in [6.45, 7) is 5.98. The van der Waals surface area contributed by atoms with Gasteiger partial charge < -0.3 is 5.32 Å². The van der Waals surface area contributed by atoms with Gasteiger partial charge in [-0.25, -0.2) is 9.07 Å². The molecule has 0 spiro atoms. The molecule has 0 amide bonds. The molecule has 0 saturated heterocycles. The summed E-state index contributed by atoms with van der Waals surface area (Å²) in [5.74, 6) is -0.240. The maximum Gasteiger partial charge on any atom is 0.123 e. The predicted molar refractivity (Wildman–Crippen MR) is 91.5 cm³/mol. The highest BCUT2D eigenvalue weighted by molar-refractivity contribution is 5.35. The van der Waals surface area contributed by atoms with Crippen molar-refractivity contribution in [2.45, 2.75) is 32.9 Å². The molecular formula is C18H22FN5. The summed E-state index contributed by atoms with van der Waals surface area (Å²) in [4.78, 5) is 0. The van der Waals surface area contributed by atoms with Gasteiger partial charge in [0.1, 0.15) is 5.82 Å². The van der Waals surface area contributed by atoms with Crippen LogP contribution in [0, 0.1) is 12.7 Å². The Kier molecular flexibility index (Phi) is 5.05. The topological polar surface area (TPSA) is 47.7 Å². The molecule has 3 rings (SSSR count). The molecule has 0 bridgehead atoms. The Morgan fingerprint density at radius 3 is 2.71 bits per heavy atom. The fourth-order valence-corrected chi connectivity index (χ4v) is 2.79. The monoisotopic (exact) mass is 327 g/mol. The molecule has 1 atom stereocenters. The third-order valence-electron chi connectivity index (χ3n) is 4.16. The first-order valence-corrected chi connectivity index (χ1v) is 8.16. The minimum Gasteiger partial charge on any atom is -0.310 e. The second-order valence-electron chi connectivity index (χ2n) is 5.87. The Balaban J connectivity index is 1.59. The quantitative estimate of drug-likeness (QED) is 0.678. The zero-order valence-corrected chi connectivity index (χ0v) is 14.0. The standard InChI is InChI=1S/C18H22FN5/c1-14(20-9-3-11-23-12-4-10-21-23)18-13-22-24(15(18)2)17-7-5-16(19)6-8-17/h4-8,10,12-14,20H,3,9,11H2,1-2H3/t14-/m1/s1. The van der Waals surface area contributed by atoms with Crippen molar-refractivity contribution < 1.29 is 4.39 Å². The smallest absolute Gasteiger partial charge is 0.123 e. The second kappa shape index (κ2) is 7.40. The number of aryl methyl sites for hydroxylation is 1. The number of nitrogens with one attached hydrogen (secondary N) is 1. The van der Waals surface area contributed by atoms with Crippen molar-refractivity contribution in [1.82, 2.24) is 24.9 Å². The fraction of sp³-hybridized carbons (Fsp3) is 0.333. The summed E-state index contributed by atoms with van der Waals surface area (Å²) in [6, 6.07) is 8.52. The van der Waals surface area contributed by atoms with Crippen LogP contribution >= 0.6 is 0 Å². The van der Waals surface area contributed by atoms with Crippen molar-refractivity contribution in [3.05, 3.63) is 66.0 Å². The summed E-state index contributed by atoms with van der Waals surface area (Å²) < 4.78 is 16.8. The van der Waals surface area contributed by atoms with Crippen molar-refractivity contribution in [2.75, 3.05) is 6.54 Å². The molecule has 2 aromatic heterocycles. The molecule has 0 unspecified atom stereocenters. The maximum atomic E-state index is 13.1. The lowest BCUT2D eigenvalue weighted by molar-refractivity contribution is 0.506. The average molecular weight is 327 g/mol. The lowest BCUT2D eigenvalue weighted by atomic mass is 10.1. The molecule has 5 nitrogen and oxygen atoms in total. The third kappa shape index (κ3) is 3.71. The molecule has 0 aliphatic carbocycles. The molecule has 0 radical (unpaired) electrons. The van der Waals surface area contributed by atoms with Crippen LogP contribution in [-0.4, -0.2) is 26.1 Å². The molecule has 0 fully saturated rings. The molecule has 0 aliphatic rings. The van der Waals surface area contributed by atoms with Crippen LogP contribution < -0.4 is 5.32 Å². The van der Waals surface area contributed by atoms with E-state index in [9.17, 15) is 4.39 Å².